The lowest BCUT2D eigenvalue weighted by Crippen LogP contribution is -2.39. The first-order chi connectivity index (χ1) is 26.4. The van der Waals surface area contributed by atoms with Crippen LogP contribution < -0.4 is 0 Å². The van der Waals surface area contributed by atoms with Gasteiger partial charge in [0.1, 0.15) is 26.4 Å². The number of rotatable bonds is 37. The molecule has 0 saturated carbocycles. The van der Waals surface area contributed by atoms with Gasteiger partial charge in [-0.3, -0.25) is 9.59 Å². The summed E-state index contributed by atoms with van der Waals surface area (Å²) in [6.45, 7) is 4.74. The highest BCUT2D eigenvalue weighted by Crippen LogP contribution is 2.24. The molecular weight excluding hydrogens is 684 g/mol. The third-order valence-corrected chi connectivity index (χ3v) is 10.8. The van der Waals surface area contributed by atoms with Crippen molar-refractivity contribution in [1.29, 1.82) is 0 Å². The van der Waals surface area contributed by atoms with Gasteiger partial charge in [-0.25, -0.2) is 9.98 Å². The molecule has 2 unspecified atom stereocenters. The summed E-state index contributed by atoms with van der Waals surface area (Å²) in [5.41, 5.74) is -1.73. The summed E-state index contributed by atoms with van der Waals surface area (Å²) in [6, 6.07) is 0. The van der Waals surface area contributed by atoms with E-state index in [-0.39, 0.29) is 51.6 Å². The number of nitrogens with zero attached hydrogens (tertiary/aromatic N) is 2. The lowest BCUT2D eigenvalue weighted by Gasteiger charge is -2.20. The molecule has 2 heterocycles. The normalized spacial score (nSPS) is 19.3. The van der Waals surface area contributed by atoms with E-state index in [1.165, 1.54) is 89.9 Å². The maximum absolute atomic E-state index is 12.4. The van der Waals surface area contributed by atoms with Gasteiger partial charge < -0.3 is 29.2 Å². The van der Waals surface area contributed by atoms with Crippen LogP contribution in [0.5, 0.6) is 0 Å². The molecule has 10 heteroatoms. The molecule has 0 aliphatic carbocycles. The summed E-state index contributed by atoms with van der Waals surface area (Å²) in [7, 11) is 0. The minimum atomic E-state index is -0.863. The Bertz CT molecular complexity index is 956. The van der Waals surface area contributed by atoms with E-state index in [9.17, 15) is 19.8 Å². The molecule has 2 rings (SSSR count). The van der Waals surface area contributed by atoms with E-state index in [1.54, 1.807) is 0 Å². The van der Waals surface area contributed by atoms with Crippen molar-refractivity contribution in [3.8, 4) is 0 Å². The van der Waals surface area contributed by atoms with Crippen LogP contribution in [0.25, 0.3) is 0 Å². The molecule has 10 nitrogen and oxygen atoms in total. The summed E-state index contributed by atoms with van der Waals surface area (Å²) in [5.74, 6) is 0.863. The zero-order valence-electron chi connectivity index (χ0n) is 34.7. The minimum Gasteiger partial charge on any atom is -0.478 e. The van der Waals surface area contributed by atoms with E-state index in [2.05, 4.69) is 23.8 Å². The average molecular weight is 765 g/mol. The van der Waals surface area contributed by atoms with Crippen molar-refractivity contribution in [2.45, 2.75) is 218 Å². The molecule has 2 N–H and O–H groups in total. The van der Waals surface area contributed by atoms with Crippen molar-refractivity contribution in [3.63, 3.8) is 0 Å². The van der Waals surface area contributed by atoms with Crippen LogP contribution in [-0.2, 0) is 28.5 Å². The van der Waals surface area contributed by atoms with Gasteiger partial charge >= 0.3 is 11.9 Å². The molecule has 0 bridgehead atoms. The smallest absolute Gasteiger partial charge is 0.305 e. The Kier molecular flexibility index (Phi) is 27.5. The Balaban J connectivity index is 1.43. The number of aliphatic hydroxyl groups is 2. The quantitative estimate of drug-likeness (QED) is 0.0471. The monoisotopic (exact) mass is 765 g/mol. The SMILES string of the molecule is CCCCCCCCCCCC1=NC(CO)(COC(=O)CCCCCCCCCCC(=O)OCC2(CO)COC(CCCCCCCCCCC)=N2)CO1. The average Bonchev–Trinajstić information content (AvgIpc) is 3.80. The summed E-state index contributed by atoms with van der Waals surface area (Å²) >= 11 is 0. The van der Waals surface area contributed by atoms with E-state index in [0.29, 0.717) is 24.6 Å². The Hall–Kier alpha value is -2.20. The van der Waals surface area contributed by atoms with E-state index < -0.39 is 11.1 Å². The molecule has 0 aromatic rings. The first-order valence-electron chi connectivity index (χ1n) is 22.4. The number of unbranched alkanes of at least 4 members (excludes halogenated alkanes) is 23. The van der Waals surface area contributed by atoms with E-state index in [1.807, 2.05) is 0 Å². The summed E-state index contributed by atoms with van der Waals surface area (Å²) in [6.07, 6.45) is 32.8. The minimum absolute atomic E-state index is 0.0577. The largest absolute Gasteiger partial charge is 0.478 e. The number of aliphatic imine (C=N–C) groups is 2. The fraction of sp³-hybridized carbons (Fsp3) is 0.909. The molecule has 0 aromatic heterocycles. The fourth-order valence-corrected chi connectivity index (χ4v) is 7.10. The van der Waals surface area contributed by atoms with E-state index >= 15 is 0 Å². The van der Waals surface area contributed by atoms with Crippen LogP contribution in [0.4, 0.5) is 0 Å². The zero-order valence-corrected chi connectivity index (χ0v) is 34.7. The Morgan fingerprint density at radius 1 is 0.500 bits per heavy atom. The van der Waals surface area contributed by atoms with E-state index in [0.717, 1.165) is 89.9 Å². The van der Waals surface area contributed by atoms with Gasteiger partial charge in [-0.15, -0.1) is 0 Å². The summed E-state index contributed by atoms with van der Waals surface area (Å²) in [4.78, 5) is 34.0. The summed E-state index contributed by atoms with van der Waals surface area (Å²) < 4.78 is 22.5. The van der Waals surface area contributed by atoms with Crippen LogP contribution in [0.2, 0.25) is 0 Å². The number of aliphatic hydroxyl groups excluding tert-OH is 2. The van der Waals surface area contributed by atoms with Crippen molar-refractivity contribution in [3.05, 3.63) is 0 Å². The van der Waals surface area contributed by atoms with Crippen LogP contribution >= 0.6 is 0 Å². The van der Waals surface area contributed by atoms with Gasteiger partial charge in [-0.2, -0.15) is 0 Å². The van der Waals surface area contributed by atoms with Crippen molar-refractivity contribution in [2.24, 2.45) is 9.98 Å². The van der Waals surface area contributed by atoms with Crippen LogP contribution in [0.3, 0.4) is 0 Å². The second-order valence-electron chi connectivity index (χ2n) is 16.2. The molecule has 0 fully saturated rings. The molecule has 54 heavy (non-hydrogen) atoms. The number of carbonyl (C=O) groups excluding carboxylic acids is 2. The highest BCUT2D eigenvalue weighted by atomic mass is 16.5. The topological polar surface area (TPSA) is 136 Å². The maximum Gasteiger partial charge on any atom is 0.305 e. The molecule has 2 aliphatic heterocycles. The van der Waals surface area contributed by atoms with Crippen LogP contribution in [0.15, 0.2) is 9.98 Å². The summed E-state index contributed by atoms with van der Waals surface area (Å²) in [5, 5.41) is 20.0. The second kappa shape index (κ2) is 31.0. The molecule has 0 amide bonds. The van der Waals surface area contributed by atoms with Gasteiger partial charge in [0.2, 0.25) is 0 Å². The second-order valence-corrected chi connectivity index (χ2v) is 16.2. The van der Waals surface area contributed by atoms with Crippen molar-refractivity contribution in [1.82, 2.24) is 0 Å². The van der Waals surface area contributed by atoms with Gasteiger partial charge in [-0.1, -0.05) is 155 Å². The van der Waals surface area contributed by atoms with Gasteiger partial charge in [0, 0.05) is 25.7 Å². The van der Waals surface area contributed by atoms with Crippen LogP contribution in [0, 0.1) is 0 Å². The predicted octanol–water partition coefficient (Wildman–Crippen LogP) is 10.1. The number of esters is 2. The molecule has 0 saturated heterocycles. The maximum atomic E-state index is 12.4. The number of hydrogen-bond acceptors (Lipinski definition) is 10. The fourth-order valence-electron chi connectivity index (χ4n) is 7.10. The third-order valence-electron chi connectivity index (χ3n) is 10.8. The Labute approximate surface area is 329 Å². The molecule has 2 atom stereocenters. The van der Waals surface area contributed by atoms with Crippen molar-refractivity contribution >= 4 is 23.7 Å². The zero-order chi connectivity index (χ0) is 39.0. The molecule has 314 valence electrons. The lowest BCUT2D eigenvalue weighted by molar-refractivity contribution is -0.147. The molecular formula is C44H80N2O8. The van der Waals surface area contributed by atoms with E-state index in [4.69, 9.17) is 18.9 Å². The Morgan fingerprint density at radius 2 is 0.796 bits per heavy atom. The van der Waals surface area contributed by atoms with Gasteiger partial charge in [0.05, 0.1) is 13.2 Å². The molecule has 0 spiro atoms. The molecule has 0 aromatic carbocycles. The highest BCUT2D eigenvalue weighted by molar-refractivity contribution is 5.79. The van der Waals surface area contributed by atoms with Crippen molar-refractivity contribution in [2.75, 3.05) is 39.6 Å². The van der Waals surface area contributed by atoms with Crippen LogP contribution in [0.1, 0.15) is 206 Å². The van der Waals surface area contributed by atoms with Crippen LogP contribution in [-0.4, -0.2) is 84.7 Å². The first-order valence-corrected chi connectivity index (χ1v) is 22.4. The standard InChI is InChI=1S/C44H80N2O8/c1-3-5-7-9-11-13-17-21-25-29-39-45-43(33-47,35-51-39)37-53-41(49)31-27-23-19-15-16-20-24-28-32-42(50)54-38-44(34-48)36-52-40(46-44)30-26-22-18-14-12-10-8-6-4-2/h47-48H,3-38H2,1-2H3. The van der Waals surface area contributed by atoms with Gasteiger partial charge in [0.25, 0.3) is 0 Å². The lowest BCUT2D eigenvalue weighted by atomic mass is 10.0. The predicted molar refractivity (Wildman–Crippen MR) is 218 cm³/mol. The molecule has 0 radical (unpaired) electrons. The van der Waals surface area contributed by atoms with Gasteiger partial charge in [-0.05, 0) is 25.7 Å². The van der Waals surface area contributed by atoms with Gasteiger partial charge in [0.15, 0.2) is 22.9 Å². The number of hydrogen-bond donors (Lipinski definition) is 2. The van der Waals surface area contributed by atoms with Crippen molar-refractivity contribution < 1.29 is 38.7 Å². The number of ether oxygens (including phenoxy) is 4. The molecule has 2 aliphatic rings. The third kappa shape index (κ3) is 22.4. The first kappa shape index (κ1) is 48.0. The number of carbonyl (C=O) groups is 2. The Morgan fingerprint density at radius 3 is 1.11 bits per heavy atom. The highest BCUT2D eigenvalue weighted by Gasteiger charge is 2.38.